The number of rotatable bonds is 1. The molecule has 0 aromatic heterocycles. The monoisotopic (exact) mass is 227 g/mol. The first kappa shape index (κ1) is 10.5. The maximum atomic E-state index is 6.11. The summed E-state index contributed by atoms with van der Waals surface area (Å²) < 4.78 is 8.86. The molecular weight excluding hydrogens is 205 g/mol. The van der Waals surface area contributed by atoms with Crippen LogP contribution in [0.3, 0.4) is 0 Å². The molecule has 0 aromatic rings. The topological polar surface area (TPSA) is 12.5 Å². The van der Waals surface area contributed by atoms with Crippen molar-refractivity contribution in [2.75, 3.05) is 13.2 Å². The predicted molar refractivity (Wildman–Crippen MR) is 64.0 cm³/mol. The number of hydrogen-bond acceptors (Lipinski definition) is 2. The molecule has 1 saturated carbocycles. The van der Waals surface area contributed by atoms with Gasteiger partial charge in [-0.3, -0.25) is 4.67 Å². The van der Waals surface area contributed by atoms with Crippen LogP contribution in [-0.2, 0) is 4.52 Å². The summed E-state index contributed by atoms with van der Waals surface area (Å²) in [5, 5.41) is 0. The van der Waals surface area contributed by atoms with E-state index in [1.807, 2.05) is 0 Å². The van der Waals surface area contributed by atoms with Crippen molar-refractivity contribution >= 4 is 8.30 Å². The molecule has 3 rings (SSSR count). The predicted octanol–water partition coefficient (Wildman–Crippen LogP) is 3.23. The normalized spacial score (nSPS) is 49.4. The molecule has 3 unspecified atom stereocenters. The van der Waals surface area contributed by atoms with E-state index in [1.165, 1.54) is 32.2 Å². The third kappa shape index (κ3) is 1.66. The van der Waals surface area contributed by atoms with Crippen LogP contribution in [0.1, 0.15) is 39.5 Å². The van der Waals surface area contributed by atoms with Gasteiger partial charge in [0, 0.05) is 24.2 Å². The second-order valence-corrected chi connectivity index (χ2v) is 8.00. The quantitative estimate of drug-likeness (QED) is 0.638. The van der Waals surface area contributed by atoms with E-state index in [0.717, 1.165) is 24.5 Å². The third-order valence-electron chi connectivity index (χ3n) is 4.31. The fourth-order valence-electron chi connectivity index (χ4n) is 3.67. The molecular formula is C12H22NOP. The number of hydrogen-bond donors (Lipinski definition) is 0. The highest BCUT2D eigenvalue weighted by Gasteiger charge is 2.49. The SMILES string of the molecule is CC(C)P1OC[C@@H]2CN1C1CCCC[C@H]12. The lowest BCUT2D eigenvalue weighted by molar-refractivity contribution is 0.205. The largest absolute Gasteiger partial charge is 0.343 e. The molecule has 1 aliphatic carbocycles. The van der Waals surface area contributed by atoms with E-state index in [-0.39, 0.29) is 8.30 Å². The maximum Gasteiger partial charge on any atom is 0.107 e. The summed E-state index contributed by atoms with van der Waals surface area (Å²) in [5.41, 5.74) is 0.710. The highest BCUT2D eigenvalue weighted by molar-refractivity contribution is 7.50. The lowest BCUT2D eigenvalue weighted by atomic mass is 9.80. The zero-order valence-corrected chi connectivity index (χ0v) is 10.7. The van der Waals surface area contributed by atoms with Gasteiger partial charge in [-0.2, -0.15) is 0 Å². The molecule has 0 N–H and O–H groups in total. The van der Waals surface area contributed by atoms with Gasteiger partial charge in [-0.05, 0) is 18.8 Å². The second-order valence-electron chi connectivity index (χ2n) is 5.59. The number of fused-ring (bicyclic) bond motifs is 5. The minimum absolute atomic E-state index is 0.263. The first-order valence-corrected chi connectivity index (χ1v) is 7.74. The van der Waals surface area contributed by atoms with Crippen molar-refractivity contribution in [3.05, 3.63) is 0 Å². The smallest absolute Gasteiger partial charge is 0.107 e. The second kappa shape index (κ2) is 3.98. The Kier molecular flexibility index (Phi) is 2.79. The summed E-state index contributed by atoms with van der Waals surface area (Å²) in [6, 6.07) is 0.889. The van der Waals surface area contributed by atoms with Gasteiger partial charge in [0.15, 0.2) is 0 Å². The minimum atomic E-state index is -0.263. The van der Waals surface area contributed by atoms with Crippen molar-refractivity contribution < 1.29 is 4.52 Å². The third-order valence-corrected chi connectivity index (χ3v) is 6.57. The van der Waals surface area contributed by atoms with Gasteiger partial charge in [0.25, 0.3) is 0 Å². The fourth-order valence-corrected chi connectivity index (χ4v) is 6.00. The molecule has 0 radical (unpaired) electrons. The fraction of sp³-hybridized carbons (Fsp3) is 1.00. The van der Waals surface area contributed by atoms with Gasteiger partial charge in [0.1, 0.15) is 8.30 Å². The first-order chi connectivity index (χ1) is 7.27. The summed E-state index contributed by atoms with van der Waals surface area (Å²) in [7, 11) is -0.263. The standard InChI is InChI=1S/C12H22NOP/c1-9(2)15-13-7-10(8-14-15)11-5-3-4-6-12(11)13/h9-12H,3-8H2,1-2H3/t10-,11-,12?,15?/m0/s1. The van der Waals surface area contributed by atoms with Crippen LogP contribution in [0.2, 0.25) is 0 Å². The Morgan fingerprint density at radius 1 is 1.27 bits per heavy atom. The Morgan fingerprint density at radius 2 is 2.07 bits per heavy atom. The van der Waals surface area contributed by atoms with Crippen molar-refractivity contribution in [3.63, 3.8) is 0 Å². The molecule has 0 spiro atoms. The zero-order chi connectivity index (χ0) is 10.4. The average molecular weight is 227 g/mol. The molecule has 2 bridgehead atoms. The summed E-state index contributed by atoms with van der Waals surface area (Å²) in [6.07, 6.45) is 5.82. The van der Waals surface area contributed by atoms with E-state index < -0.39 is 0 Å². The summed E-state index contributed by atoms with van der Waals surface area (Å²) in [4.78, 5) is 0. The molecule has 2 saturated heterocycles. The molecule has 3 aliphatic rings. The van der Waals surface area contributed by atoms with Crippen molar-refractivity contribution in [3.8, 4) is 0 Å². The Hall–Kier alpha value is 0.350. The molecule has 86 valence electrons. The number of nitrogens with zero attached hydrogens (tertiary/aromatic N) is 1. The molecule has 2 aliphatic heterocycles. The molecule has 3 fully saturated rings. The van der Waals surface area contributed by atoms with Crippen LogP contribution in [0.25, 0.3) is 0 Å². The first-order valence-electron chi connectivity index (χ1n) is 6.46. The van der Waals surface area contributed by atoms with Gasteiger partial charge in [-0.1, -0.05) is 26.7 Å². The molecule has 2 nitrogen and oxygen atoms in total. The molecule has 2 heterocycles. The average Bonchev–Trinajstić information content (AvgIpc) is 2.54. The molecule has 0 amide bonds. The van der Waals surface area contributed by atoms with E-state index in [1.54, 1.807) is 0 Å². The van der Waals surface area contributed by atoms with Gasteiger partial charge < -0.3 is 4.52 Å². The molecule has 15 heavy (non-hydrogen) atoms. The van der Waals surface area contributed by atoms with Crippen LogP contribution >= 0.6 is 8.30 Å². The summed E-state index contributed by atoms with van der Waals surface area (Å²) in [5.74, 6) is 1.85. The Bertz CT molecular complexity index is 246. The van der Waals surface area contributed by atoms with Gasteiger partial charge in [-0.25, -0.2) is 0 Å². The Balaban J connectivity index is 1.81. The summed E-state index contributed by atoms with van der Waals surface area (Å²) >= 11 is 0. The van der Waals surface area contributed by atoms with Gasteiger partial charge in [-0.15, -0.1) is 0 Å². The maximum absolute atomic E-state index is 6.11. The van der Waals surface area contributed by atoms with E-state index in [0.29, 0.717) is 5.66 Å². The van der Waals surface area contributed by atoms with Crippen molar-refractivity contribution in [2.24, 2.45) is 11.8 Å². The van der Waals surface area contributed by atoms with Crippen LogP contribution < -0.4 is 0 Å². The van der Waals surface area contributed by atoms with Crippen LogP contribution in [0.5, 0.6) is 0 Å². The van der Waals surface area contributed by atoms with E-state index in [4.69, 9.17) is 4.52 Å². The van der Waals surface area contributed by atoms with Crippen LogP contribution in [0.4, 0.5) is 0 Å². The lowest BCUT2D eigenvalue weighted by Crippen LogP contribution is -2.32. The molecule has 5 atom stereocenters. The minimum Gasteiger partial charge on any atom is -0.343 e. The lowest BCUT2D eigenvalue weighted by Gasteiger charge is -2.37. The Labute approximate surface area is 94.3 Å². The highest BCUT2D eigenvalue weighted by Crippen LogP contribution is 2.59. The molecule has 3 heteroatoms. The highest BCUT2D eigenvalue weighted by atomic mass is 31.2. The zero-order valence-electron chi connectivity index (χ0n) is 9.85. The van der Waals surface area contributed by atoms with Crippen LogP contribution in [-0.4, -0.2) is 29.5 Å². The van der Waals surface area contributed by atoms with E-state index in [2.05, 4.69) is 18.5 Å². The van der Waals surface area contributed by atoms with Crippen LogP contribution in [0, 0.1) is 11.8 Å². The van der Waals surface area contributed by atoms with Crippen LogP contribution in [0.15, 0.2) is 0 Å². The molecule has 0 aromatic carbocycles. The van der Waals surface area contributed by atoms with Gasteiger partial charge in [0.2, 0.25) is 0 Å². The van der Waals surface area contributed by atoms with Gasteiger partial charge in [0.05, 0.1) is 6.61 Å². The summed E-state index contributed by atoms with van der Waals surface area (Å²) in [6.45, 7) is 7.05. The van der Waals surface area contributed by atoms with E-state index >= 15 is 0 Å². The van der Waals surface area contributed by atoms with Crippen molar-refractivity contribution in [2.45, 2.75) is 51.2 Å². The van der Waals surface area contributed by atoms with Gasteiger partial charge >= 0.3 is 0 Å². The van der Waals surface area contributed by atoms with Crippen molar-refractivity contribution in [1.82, 2.24) is 4.67 Å². The van der Waals surface area contributed by atoms with Crippen molar-refractivity contribution in [1.29, 1.82) is 0 Å². The Morgan fingerprint density at radius 3 is 2.87 bits per heavy atom. The van der Waals surface area contributed by atoms with E-state index in [9.17, 15) is 0 Å².